The molecule has 0 fully saturated rings. The number of aromatic nitrogens is 3. The molecule has 1 amide bonds. The highest BCUT2D eigenvalue weighted by Gasteiger charge is 2.16. The van der Waals surface area contributed by atoms with Crippen molar-refractivity contribution in [3.63, 3.8) is 0 Å². The van der Waals surface area contributed by atoms with Crippen LogP contribution in [0.4, 0.5) is 5.69 Å². The maximum atomic E-state index is 12.5. The van der Waals surface area contributed by atoms with Crippen LogP contribution in [0.15, 0.2) is 78.0 Å². The van der Waals surface area contributed by atoms with Crippen molar-refractivity contribution in [2.75, 3.05) is 11.1 Å². The number of hydrogen-bond acceptors (Lipinski definition) is 5. The summed E-state index contributed by atoms with van der Waals surface area (Å²) in [5, 5.41) is 12.6. The first kappa shape index (κ1) is 22.3. The zero-order valence-electron chi connectivity index (χ0n) is 17.0. The van der Waals surface area contributed by atoms with E-state index in [2.05, 4.69) is 15.5 Å². The summed E-state index contributed by atoms with van der Waals surface area (Å²) in [6, 6.07) is 23.1. The van der Waals surface area contributed by atoms with Gasteiger partial charge in [-0.1, -0.05) is 102 Å². The van der Waals surface area contributed by atoms with Crippen LogP contribution in [-0.4, -0.2) is 26.8 Å². The third-order valence-corrected chi connectivity index (χ3v) is 6.28. The van der Waals surface area contributed by atoms with Crippen molar-refractivity contribution in [3.8, 4) is 22.5 Å². The molecule has 0 radical (unpaired) electrons. The van der Waals surface area contributed by atoms with Gasteiger partial charge in [0, 0.05) is 11.1 Å². The Balaban J connectivity index is 1.56. The third-order valence-electron chi connectivity index (χ3n) is 4.64. The van der Waals surface area contributed by atoms with E-state index in [1.54, 1.807) is 12.1 Å². The minimum Gasteiger partial charge on any atom is -0.323 e. The summed E-state index contributed by atoms with van der Waals surface area (Å²) in [7, 11) is 0. The second-order valence-corrected chi connectivity index (χ2v) is 8.64. The largest absolute Gasteiger partial charge is 0.323 e. The van der Waals surface area contributed by atoms with Crippen LogP contribution in [0.2, 0.25) is 10.0 Å². The Labute approximate surface area is 200 Å². The summed E-state index contributed by atoms with van der Waals surface area (Å²) in [6.45, 7) is 1.85. The lowest BCUT2D eigenvalue weighted by Crippen LogP contribution is -2.15. The maximum absolute atomic E-state index is 12.5. The van der Waals surface area contributed by atoms with Crippen LogP contribution >= 0.6 is 35.0 Å². The van der Waals surface area contributed by atoms with Gasteiger partial charge in [-0.2, -0.15) is 0 Å². The Kier molecular flexibility index (Phi) is 7.05. The normalized spacial score (nSPS) is 10.7. The highest BCUT2D eigenvalue weighted by atomic mass is 35.5. The van der Waals surface area contributed by atoms with Gasteiger partial charge in [-0.05, 0) is 18.6 Å². The Hall–Kier alpha value is -2.93. The van der Waals surface area contributed by atoms with E-state index in [1.807, 2.05) is 67.6 Å². The molecule has 5 nitrogen and oxygen atoms in total. The standard InChI is InChI=1S/C24H18Cl2N4OS/c1-15-12-13-18(25)23(20(15)26)27-19(31)14-32-24-28-21(16-8-4-2-5-9-16)22(29-30-24)17-10-6-3-7-11-17/h2-13H,14H2,1H3,(H,27,31). The smallest absolute Gasteiger partial charge is 0.234 e. The van der Waals surface area contributed by atoms with Crippen molar-refractivity contribution in [1.29, 1.82) is 0 Å². The minimum atomic E-state index is -0.263. The van der Waals surface area contributed by atoms with Gasteiger partial charge in [0.15, 0.2) is 0 Å². The molecule has 0 saturated heterocycles. The van der Waals surface area contributed by atoms with E-state index >= 15 is 0 Å². The molecule has 0 aliphatic rings. The molecule has 1 heterocycles. The number of aryl methyl sites for hydroxylation is 1. The number of nitrogens with one attached hydrogen (secondary N) is 1. The lowest BCUT2D eigenvalue weighted by molar-refractivity contribution is -0.113. The first-order chi connectivity index (χ1) is 15.5. The summed E-state index contributed by atoms with van der Waals surface area (Å²) >= 11 is 13.7. The molecule has 0 unspecified atom stereocenters. The van der Waals surface area contributed by atoms with E-state index in [-0.39, 0.29) is 11.7 Å². The van der Waals surface area contributed by atoms with E-state index in [9.17, 15) is 4.79 Å². The highest BCUT2D eigenvalue weighted by molar-refractivity contribution is 7.99. The van der Waals surface area contributed by atoms with Gasteiger partial charge in [0.2, 0.25) is 11.1 Å². The van der Waals surface area contributed by atoms with Gasteiger partial charge in [-0.25, -0.2) is 4.98 Å². The lowest BCUT2D eigenvalue weighted by atomic mass is 10.0. The predicted octanol–water partition coefficient (Wildman–Crippen LogP) is 6.55. The Bertz CT molecular complexity index is 1250. The van der Waals surface area contributed by atoms with Gasteiger partial charge >= 0.3 is 0 Å². The SMILES string of the molecule is Cc1ccc(Cl)c(NC(=O)CSc2nnc(-c3ccccc3)c(-c3ccccc3)n2)c1Cl. The van der Waals surface area contributed by atoms with Gasteiger partial charge in [0.1, 0.15) is 11.4 Å². The van der Waals surface area contributed by atoms with Crippen LogP contribution in [-0.2, 0) is 4.79 Å². The average Bonchev–Trinajstić information content (AvgIpc) is 2.84. The number of benzene rings is 3. The highest BCUT2D eigenvalue weighted by Crippen LogP contribution is 2.33. The Morgan fingerprint density at radius 3 is 2.16 bits per heavy atom. The zero-order valence-corrected chi connectivity index (χ0v) is 19.4. The molecular weight excluding hydrogens is 463 g/mol. The molecule has 3 aromatic carbocycles. The molecule has 0 aliphatic carbocycles. The molecule has 0 aliphatic heterocycles. The predicted molar refractivity (Wildman–Crippen MR) is 131 cm³/mol. The Morgan fingerprint density at radius 2 is 1.50 bits per heavy atom. The molecule has 0 bridgehead atoms. The van der Waals surface area contributed by atoms with E-state index in [0.29, 0.717) is 32.3 Å². The molecule has 160 valence electrons. The van der Waals surface area contributed by atoms with E-state index in [0.717, 1.165) is 16.7 Å². The first-order valence-electron chi connectivity index (χ1n) is 9.75. The van der Waals surface area contributed by atoms with Crippen molar-refractivity contribution in [3.05, 3.63) is 88.4 Å². The second kappa shape index (κ2) is 10.1. The second-order valence-electron chi connectivity index (χ2n) is 6.91. The number of carbonyl (C=O) groups is 1. The molecule has 0 spiro atoms. The van der Waals surface area contributed by atoms with Crippen molar-refractivity contribution >= 4 is 46.6 Å². The number of rotatable bonds is 6. The number of amides is 1. The Morgan fingerprint density at radius 1 is 0.875 bits per heavy atom. The van der Waals surface area contributed by atoms with Crippen molar-refractivity contribution in [1.82, 2.24) is 15.2 Å². The molecule has 4 rings (SSSR count). The number of nitrogens with zero attached hydrogens (tertiary/aromatic N) is 3. The molecule has 0 atom stereocenters. The van der Waals surface area contributed by atoms with Gasteiger partial charge in [0.05, 0.1) is 21.5 Å². The minimum absolute atomic E-state index is 0.0845. The van der Waals surface area contributed by atoms with Crippen molar-refractivity contribution < 1.29 is 4.79 Å². The fraction of sp³-hybridized carbons (Fsp3) is 0.0833. The molecule has 1 aromatic heterocycles. The van der Waals surface area contributed by atoms with Gasteiger partial charge < -0.3 is 5.32 Å². The fourth-order valence-electron chi connectivity index (χ4n) is 3.04. The van der Waals surface area contributed by atoms with Crippen LogP contribution in [0.1, 0.15) is 5.56 Å². The van der Waals surface area contributed by atoms with Gasteiger partial charge in [-0.15, -0.1) is 10.2 Å². The van der Waals surface area contributed by atoms with Gasteiger partial charge in [0.25, 0.3) is 0 Å². The van der Waals surface area contributed by atoms with Crippen LogP contribution in [0, 0.1) is 6.92 Å². The molecule has 0 saturated carbocycles. The summed E-state index contributed by atoms with van der Waals surface area (Å²) in [5.41, 5.74) is 4.47. The maximum Gasteiger partial charge on any atom is 0.234 e. The summed E-state index contributed by atoms with van der Waals surface area (Å²) < 4.78 is 0. The van der Waals surface area contributed by atoms with Crippen LogP contribution in [0.5, 0.6) is 0 Å². The summed E-state index contributed by atoms with van der Waals surface area (Å²) in [6.07, 6.45) is 0. The number of carbonyl (C=O) groups excluding carboxylic acids is 1. The number of halogens is 2. The zero-order chi connectivity index (χ0) is 22.5. The number of hydrogen-bond donors (Lipinski definition) is 1. The molecule has 8 heteroatoms. The number of anilines is 1. The van der Waals surface area contributed by atoms with Crippen molar-refractivity contribution in [2.45, 2.75) is 12.1 Å². The topological polar surface area (TPSA) is 67.8 Å². The van der Waals surface area contributed by atoms with E-state index in [4.69, 9.17) is 28.2 Å². The quantitative estimate of drug-likeness (QED) is 0.316. The molecule has 4 aromatic rings. The van der Waals surface area contributed by atoms with Crippen molar-refractivity contribution in [2.24, 2.45) is 0 Å². The first-order valence-corrected chi connectivity index (χ1v) is 11.5. The molecule has 1 N–H and O–H groups in total. The molecule has 32 heavy (non-hydrogen) atoms. The third kappa shape index (κ3) is 5.10. The van der Waals surface area contributed by atoms with Crippen LogP contribution in [0.25, 0.3) is 22.5 Å². The summed E-state index contributed by atoms with van der Waals surface area (Å²) in [5.74, 6) is -0.178. The average molecular weight is 481 g/mol. The van der Waals surface area contributed by atoms with Crippen LogP contribution in [0.3, 0.4) is 0 Å². The number of thioether (sulfide) groups is 1. The van der Waals surface area contributed by atoms with Gasteiger partial charge in [-0.3, -0.25) is 4.79 Å². The summed E-state index contributed by atoms with van der Waals surface area (Å²) in [4.78, 5) is 17.2. The van der Waals surface area contributed by atoms with E-state index < -0.39 is 0 Å². The monoisotopic (exact) mass is 480 g/mol. The molecular formula is C24H18Cl2N4OS. The lowest BCUT2D eigenvalue weighted by Gasteiger charge is -2.11. The fourth-order valence-corrected chi connectivity index (χ4v) is 4.09. The van der Waals surface area contributed by atoms with E-state index in [1.165, 1.54) is 11.8 Å². The van der Waals surface area contributed by atoms with Crippen LogP contribution < -0.4 is 5.32 Å².